The van der Waals surface area contributed by atoms with E-state index in [4.69, 9.17) is 11.6 Å². The number of benzene rings is 1. The summed E-state index contributed by atoms with van der Waals surface area (Å²) < 4.78 is 0. The van der Waals surface area contributed by atoms with Crippen LogP contribution in [0.5, 0.6) is 0 Å². The summed E-state index contributed by atoms with van der Waals surface area (Å²) >= 11 is 6.19. The molecular weight excluding hydrogens is 208 g/mol. The highest BCUT2D eigenvalue weighted by Gasteiger charge is 2.08. The second-order valence-electron chi connectivity index (χ2n) is 3.65. The van der Waals surface area contributed by atoms with Crippen LogP contribution in [0.4, 0.5) is 5.69 Å². The Labute approximate surface area is 94.3 Å². The van der Waals surface area contributed by atoms with Crippen molar-refractivity contribution in [2.75, 3.05) is 12.4 Å². The van der Waals surface area contributed by atoms with Gasteiger partial charge in [-0.25, -0.2) is 0 Å². The molecule has 0 radical (unpaired) electrons. The normalized spacial score (nSPS) is 10.7. The summed E-state index contributed by atoms with van der Waals surface area (Å²) in [6.45, 7) is 4.03. The minimum absolute atomic E-state index is 0.743. The molecule has 15 heavy (non-hydrogen) atoms. The number of rotatable bonds is 1. The average molecular weight is 221 g/mol. The van der Waals surface area contributed by atoms with E-state index in [1.807, 2.05) is 39.1 Å². The summed E-state index contributed by atoms with van der Waals surface area (Å²) in [5, 5.41) is 4.90. The molecule has 0 saturated heterocycles. The molecule has 0 fully saturated rings. The molecule has 0 amide bonds. The van der Waals surface area contributed by atoms with Crippen molar-refractivity contribution < 1.29 is 0 Å². The van der Waals surface area contributed by atoms with Crippen molar-refractivity contribution in [3.05, 3.63) is 34.5 Å². The average Bonchev–Trinajstić information content (AvgIpc) is 2.22. The van der Waals surface area contributed by atoms with Gasteiger partial charge < -0.3 is 5.32 Å². The minimum atomic E-state index is 0.743. The predicted molar refractivity (Wildman–Crippen MR) is 65.8 cm³/mol. The molecular formula is C12H13ClN2. The second-order valence-corrected chi connectivity index (χ2v) is 4.06. The number of aromatic nitrogens is 1. The number of hydrogen-bond donors (Lipinski definition) is 1. The topological polar surface area (TPSA) is 24.9 Å². The van der Waals surface area contributed by atoms with Gasteiger partial charge in [0, 0.05) is 23.8 Å². The van der Waals surface area contributed by atoms with Crippen LogP contribution in [0.25, 0.3) is 10.9 Å². The van der Waals surface area contributed by atoms with Gasteiger partial charge >= 0.3 is 0 Å². The number of halogens is 1. The van der Waals surface area contributed by atoms with Crippen molar-refractivity contribution in [2.45, 2.75) is 13.8 Å². The molecule has 1 aromatic carbocycles. The highest BCUT2D eigenvalue weighted by Crippen LogP contribution is 2.31. The standard InChI is InChI=1S/C12H13ClN2/c1-7-4-5-9(13)11-10(14-3)6-8(2)15-12(7)11/h4-6H,1-3H3,(H,14,15). The van der Waals surface area contributed by atoms with Gasteiger partial charge in [0.15, 0.2) is 0 Å². The maximum atomic E-state index is 6.19. The van der Waals surface area contributed by atoms with Crippen LogP contribution in [-0.4, -0.2) is 12.0 Å². The third-order valence-electron chi connectivity index (χ3n) is 2.51. The summed E-state index contributed by atoms with van der Waals surface area (Å²) in [5.74, 6) is 0. The van der Waals surface area contributed by atoms with Crippen LogP contribution in [0.15, 0.2) is 18.2 Å². The zero-order chi connectivity index (χ0) is 11.0. The zero-order valence-electron chi connectivity index (χ0n) is 9.06. The highest BCUT2D eigenvalue weighted by atomic mass is 35.5. The summed E-state index contributed by atoms with van der Waals surface area (Å²) in [6.07, 6.45) is 0. The first-order valence-electron chi connectivity index (χ1n) is 4.87. The van der Waals surface area contributed by atoms with E-state index in [2.05, 4.69) is 10.3 Å². The molecule has 0 aliphatic heterocycles. The number of anilines is 1. The van der Waals surface area contributed by atoms with Crippen molar-refractivity contribution in [1.29, 1.82) is 0 Å². The number of fused-ring (bicyclic) bond motifs is 1. The van der Waals surface area contributed by atoms with Crippen molar-refractivity contribution in [3.63, 3.8) is 0 Å². The Hall–Kier alpha value is -1.28. The lowest BCUT2D eigenvalue weighted by Gasteiger charge is -2.10. The summed E-state index contributed by atoms with van der Waals surface area (Å²) in [4.78, 5) is 4.52. The maximum absolute atomic E-state index is 6.19. The number of hydrogen-bond acceptors (Lipinski definition) is 2. The van der Waals surface area contributed by atoms with E-state index in [9.17, 15) is 0 Å². The zero-order valence-corrected chi connectivity index (χ0v) is 9.81. The summed E-state index contributed by atoms with van der Waals surface area (Å²) in [7, 11) is 1.90. The predicted octanol–water partition coefficient (Wildman–Crippen LogP) is 3.55. The van der Waals surface area contributed by atoms with E-state index in [1.165, 1.54) is 0 Å². The van der Waals surface area contributed by atoms with E-state index in [0.29, 0.717) is 0 Å². The van der Waals surface area contributed by atoms with Gasteiger partial charge in [0.05, 0.1) is 10.5 Å². The van der Waals surface area contributed by atoms with Crippen LogP contribution in [-0.2, 0) is 0 Å². The molecule has 0 bridgehead atoms. The Balaban J connectivity index is 2.95. The number of nitrogens with one attached hydrogen (secondary N) is 1. The van der Waals surface area contributed by atoms with E-state index in [0.717, 1.165) is 32.9 Å². The van der Waals surface area contributed by atoms with Crippen LogP contribution in [0.3, 0.4) is 0 Å². The number of nitrogens with zero attached hydrogens (tertiary/aromatic N) is 1. The van der Waals surface area contributed by atoms with Crippen molar-refractivity contribution in [3.8, 4) is 0 Å². The fourth-order valence-electron chi connectivity index (χ4n) is 1.76. The van der Waals surface area contributed by atoms with E-state index < -0.39 is 0 Å². The molecule has 0 saturated carbocycles. The van der Waals surface area contributed by atoms with Gasteiger partial charge in [0.25, 0.3) is 0 Å². The molecule has 0 aliphatic rings. The molecule has 1 aromatic heterocycles. The summed E-state index contributed by atoms with van der Waals surface area (Å²) in [6, 6.07) is 5.92. The molecule has 78 valence electrons. The first-order valence-corrected chi connectivity index (χ1v) is 5.25. The second kappa shape index (κ2) is 3.70. The molecule has 3 heteroatoms. The Morgan fingerprint density at radius 2 is 2.00 bits per heavy atom. The molecule has 2 aromatic rings. The lowest BCUT2D eigenvalue weighted by atomic mass is 10.1. The lowest BCUT2D eigenvalue weighted by Crippen LogP contribution is -1.95. The lowest BCUT2D eigenvalue weighted by molar-refractivity contribution is 1.24. The van der Waals surface area contributed by atoms with Gasteiger partial charge in [-0.3, -0.25) is 4.98 Å². The van der Waals surface area contributed by atoms with Crippen LogP contribution in [0.1, 0.15) is 11.3 Å². The van der Waals surface area contributed by atoms with Gasteiger partial charge in [0.2, 0.25) is 0 Å². The maximum Gasteiger partial charge on any atom is 0.0770 e. The Morgan fingerprint density at radius 1 is 1.27 bits per heavy atom. The first kappa shape index (κ1) is 10.2. The minimum Gasteiger partial charge on any atom is -0.387 e. The quantitative estimate of drug-likeness (QED) is 0.795. The first-order chi connectivity index (χ1) is 7.13. The van der Waals surface area contributed by atoms with Crippen LogP contribution >= 0.6 is 11.6 Å². The van der Waals surface area contributed by atoms with Gasteiger partial charge in [-0.1, -0.05) is 17.7 Å². The monoisotopic (exact) mass is 220 g/mol. The van der Waals surface area contributed by atoms with Gasteiger partial charge in [-0.05, 0) is 31.5 Å². The van der Waals surface area contributed by atoms with Gasteiger partial charge in [-0.2, -0.15) is 0 Å². The third-order valence-corrected chi connectivity index (χ3v) is 2.82. The van der Waals surface area contributed by atoms with E-state index in [1.54, 1.807) is 0 Å². The van der Waals surface area contributed by atoms with Crippen LogP contribution in [0, 0.1) is 13.8 Å². The largest absolute Gasteiger partial charge is 0.387 e. The fourth-order valence-corrected chi connectivity index (χ4v) is 2.01. The van der Waals surface area contributed by atoms with E-state index >= 15 is 0 Å². The molecule has 2 nitrogen and oxygen atoms in total. The van der Waals surface area contributed by atoms with Gasteiger partial charge in [0.1, 0.15) is 0 Å². The van der Waals surface area contributed by atoms with Crippen molar-refractivity contribution >= 4 is 28.2 Å². The molecule has 0 spiro atoms. The smallest absolute Gasteiger partial charge is 0.0770 e. The molecule has 2 rings (SSSR count). The fraction of sp³-hybridized carbons (Fsp3) is 0.250. The molecule has 0 unspecified atom stereocenters. The Morgan fingerprint density at radius 3 is 2.67 bits per heavy atom. The third kappa shape index (κ3) is 1.65. The van der Waals surface area contributed by atoms with Crippen LogP contribution in [0.2, 0.25) is 5.02 Å². The van der Waals surface area contributed by atoms with Crippen molar-refractivity contribution in [2.24, 2.45) is 0 Å². The Kier molecular flexibility index (Phi) is 2.53. The van der Waals surface area contributed by atoms with Crippen LogP contribution < -0.4 is 5.32 Å². The molecule has 1 N–H and O–H groups in total. The molecule has 0 atom stereocenters. The highest BCUT2D eigenvalue weighted by molar-refractivity contribution is 6.36. The van der Waals surface area contributed by atoms with Gasteiger partial charge in [-0.15, -0.1) is 0 Å². The SMILES string of the molecule is CNc1cc(C)nc2c(C)ccc(Cl)c12. The summed E-state index contributed by atoms with van der Waals surface area (Å²) in [5.41, 5.74) is 4.16. The Bertz CT molecular complexity index is 521. The van der Waals surface area contributed by atoms with E-state index in [-0.39, 0.29) is 0 Å². The molecule has 0 aliphatic carbocycles. The number of aryl methyl sites for hydroxylation is 2. The van der Waals surface area contributed by atoms with Crippen molar-refractivity contribution in [1.82, 2.24) is 4.98 Å². The number of pyridine rings is 1. The molecule has 1 heterocycles.